The van der Waals surface area contributed by atoms with Crippen molar-refractivity contribution in [1.82, 2.24) is 24.5 Å². The van der Waals surface area contributed by atoms with Crippen LogP contribution in [0.4, 0.5) is 5.13 Å². The van der Waals surface area contributed by atoms with E-state index in [0.29, 0.717) is 12.2 Å². The zero-order chi connectivity index (χ0) is 18.1. The largest absolute Gasteiger partial charge is 0.373 e. The molecule has 3 aromatic heterocycles. The number of likely N-dealkylation sites (N-methyl/N-ethyl adjacent to an activating group) is 1. The van der Waals surface area contributed by atoms with E-state index in [1.165, 1.54) is 0 Å². The fraction of sp³-hybridized carbons (Fsp3) is 0.500. The molecule has 26 heavy (non-hydrogen) atoms. The van der Waals surface area contributed by atoms with Crippen LogP contribution in [0.1, 0.15) is 13.8 Å². The van der Waals surface area contributed by atoms with E-state index in [1.807, 2.05) is 29.0 Å². The zero-order valence-corrected chi connectivity index (χ0v) is 16.2. The molecular weight excluding hydrogens is 348 g/mol. The molecule has 0 aromatic carbocycles. The number of ether oxygens (including phenoxy) is 1. The standard InChI is InChI=1S/C18H24N6OS/c1-13-10-23(11-14(2)25-13)8-7-22(3)18-21-24-12-16(20-17(24)26-18)15-5-4-6-19-9-15/h4-6,9,12-14H,7-8,10-11H2,1-3H3/t13-,14+. The number of aromatic nitrogens is 4. The van der Waals surface area contributed by atoms with E-state index >= 15 is 0 Å². The Morgan fingerprint density at radius 2 is 2.12 bits per heavy atom. The van der Waals surface area contributed by atoms with E-state index in [1.54, 1.807) is 17.5 Å². The topological polar surface area (TPSA) is 58.8 Å². The Morgan fingerprint density at radius 3 is 2.81 bits per heavy atom. The van der Waals surface area contributed by atoms with Gasteiger partial charge >= 0.3 is 0 Å². The van der Waals surface area contributed by atoms with Gasteiger partial charge in [0.05, 0.1) is 24.1 Å². The molecule has 0 bridgehead atoms. The smallest absolute Gasteiger partial charge is 0.214 e. The van der Waals surface area contributed by atoms with Crippen LogP contribution in [0, 0.1) is 0 Å². The number of hydrogen-bond donors (Lipinski definition) is 0. The van der Waals surface area contributed by atoms with E-state index in [4.69, 9.17) is 4.74 Å². The van der Waals surface area contributed by atoms with Crippen LogP contribution in [-0.4, -0.2) is 69.9 Å². The Hall–Kier alpha value is -2.03. The van der Waals surface area contributed by atoms with Gasteiger partial charge < -0.3 is 9.64 Å². The summed E-state index contributed by atoms with van der Waals surface area (Å²) in [5, 5.41) is 5.67. The number of imidazole rings is 1. The quantitative estimate of drug-likeness (QED) is 0.685. The van der Waals surface area contributed by atoms with Crippen LogP contribution in [0.15, 0.2) is 30.7 Å². The summed E-state index contributed by atoms with van der Waals surface area (Å²) >= 11 is 1.61. The van der Waals surface area contributed by atoms with Crippen LogP contribution in [-0.2, 0) is 4.74 Å². The maximum Gasteiger partial charge on any atom is 0.214 e. The third-order valence-corrected chi connectivity index (χ3v) is 5.60. The van der Waals surface area contributed by atoms with Crippen molar-refractivity contribution in [1.29, 1.82) is 0 Å². The number of morpholine rings is 1. The summed E-state index contributed by atoms with van der Waals surface area (Å²) in [6.07, 6.45) is 6.16. The Balaban J connectivity index is 1.41. The fourth-order valence-corrected chi connectivity index (χ4v) is 4.22. The molecule has 1 aliphatic rings. The van der Waals surface area contributed by atoms with Gasteiger partial charge in [0, 0.05) is 51.2 Å². The average Bonchev–Trinajstić information content (AvgIpc) is 3.19. The molecule has 3 aromatic rings. The van der Waals surface area contributed by atoms with Crippen LogP contribution in [0.25, 0.3) is 16.2 Å². The predicted octanol–water partition coefficient (Wildman–Crippen LogP) is 2.40. The molecule has 0 aliphatic carbocycles. The normalized spacial score (nSPS) is 21.3. The van der Waals surface area contributed by atoms with Gasteiger partial charge in [-0.05, 0) is 26.0 Å². The molecule has 0 radical (unpaired) electrons. The molecule has 8 heteroatoms. The van der Waals surface area contributed by atoms with Gasteiger partial charge in [-0.3, -0.25) is 9.88 Å². The molecule has 0 N–H and O–H groups in total. The number of fused-ring (bicyclic) bond motifs is 1. The van der Waals surface area contributed by atoms with Crippen molar-refractivity contribution in [2.45, 2.75) is 26.1 Å². The minimum Gasteiger partial charge on any atom is -0.373 e. The van der Waals surface area contributed by atoms with Crippen molar-refractivity contribution in [3.8, 4) is 11.3 Å². The number of anilines is 1. The highest BCUT2D eigenvalue weighted by Crippen LogP contribution is 2.25. The minimum absolute atomic E-state index is 0.304. The lowest BCUT2D eigenvalue weighted by atomic mass is 10.2. The molecule has 4 rings (SSSR count). The first-order valence-corrected chi connectivity index (χ1v) is 9.75. The SMILES string of the molecule is C[C@@H]1CN(CCN(C)c2nn3cc(-c4cccnc4)nc3s2)C[C@H](C)O1. The van der Waals surface area contributed by atoms with Crippen molar-refractivity contribution in [2.75, 3.05) is 38.1 Å². The first-order valence-electron chi connectivity index (χ1n) is 8.94. The zero-order valence-electron chi connectivity index (χ0n) is 15.4. The Kier molecular flexibility index (Phi) is 4.88. The van der Waals surface area contributed by atoms with Gasteiger partial charge in [0.25, 0.3) is 0 Å². The molecule has 7 nitrogen and oxygen atoms in total. The summed E-state index contributed by atoms with van der Waals surface area (Å²) in [5.74, 6) is 0. The minimum atomic E-state index is 0.304. The van der Waals surface area contributed by atoms with E-state index in [0.717, 1.165) is 47.5 Å². The molecule has 0 unspecified atom stereocenters. The maximum atomic E-state index is 5.80. The molecule has 4 heterocycles. The lowest BCUT2D eigenvalue weighted by Gasteiger charge is -2.36. The molecule has 1 aliphatic heterocycles. The van der Waals surface area contributed by atoms with Crippen molar-refractivity contribution in [3.05, 3.63) is 30.7 Å². The summed E-state index contributed by atoms with van der Waals surface area (Å²) in [6, 6.07) is 3.93. The van der Waals surface area contributed by atoms with Crippen molar-refractivity contribution < 1.29 is 4.74 Å². The van der Waals surface area contributed by atoms with E-state index in [2.05, 4.69) is 45.8 Å². The van der Waals surface area contributed by atoms with E-state index in [9.17, 15) is 0 Å². The second-order valence-electron chi connectivity index (χ2n) is 6.92. The highest BCUT2D eigenvalue weighted by atomic mass is 32.1. The summed E-state index contributed by atoms with van der Waals surface area (Å²) in [4.78, 5) is 14.4. The highest BCUT2D eigenvalue weighted by molar-refractivity contribution is 7.20. The lowest BCUT2D eigenvalue weighted by molar-refractivity contribution is -0.0670. The Morgan fingerprint density at radius 1 is 1.31 bits per heavy atom. The van der Waals surface area contributed by atoms with Crippen molar-refractivity contribution in [3.63, 3.8) is 0 Å². The molecular formula is C18H24N6OS. The third-order valence-electron chi connectivity index (χ3n) is 4.56. The highest BCUT2D eigenvalue weighted by Gasteiger charge is 2.22. The molecule has 138 valence electrons. The lowest BCUT2D eigenvalue weighted by Crippen LogP contribution is -2.47. The van der Waals surface area contributed by atoms with Crippen molar-refractivity contribution in [2.24, 2.45) is 0 Å². The van der Waals surface area contributed by atoms with Gasteiger partial charge in [-0.25, -0.2) is 9.50 Å². The van der Waals surface area contributed by atoms with Crippen LogP contribution in [0.5, 0.6) is 0 Å². The summed E-state index contributed by atoms with van der Waals surface area (Å²) in [7, 11) is 2.09. The second-order valence-corrected chi connectivity index (χ2v) is 7.85. The van der Waals surface area contributed by atoms with Gasteiger partial charge in [-0.15, -0.1) is 5.10 Å². The second kappa shape index (κ2) is 7.30. The van der Waals surface area contributed by atoms with Gasteiger partial charge in [0.2, 0.25) is 10.1 Å². The molecule has 1 fully saturated rings. The first kappa shape index (κ1) is 17.4. The number of nitrogens with zero attached hydrogens (tertiary/aromatic N) is 6. The molecule has 2 atom stereocenters. The summed E-state index contributed by atoms with van der Waals surface area (Å²) in [6.45, 7) is 8.22. The van der Waals surface area contributed by atoms with Crippen LogP contribution < -0.4 is 4.90 Å². The van der Waals surface area contributed by atoms with Gasteiger partial charge in [0.15, 0.2) is 0 Å². The van der Waals surface area contributed by atoms with Crippen LogP contribution in [0.2, 0.25) is 0 Å². The van der Waals surface area contributed by atoms with E-state index in [-0.39, 0.29) is 0 Å². The van der Waals surface area contributed by atoms with Gasteiger partial charge in [-0.2, -0.15) is 0 Å². The Labute approximate surface area is 157 Å². The molecule has 1 saturated heterocycles. The molecule has 0 saturated carbocycles. The van der Waals surface area contributed by atoms with Crippen molar-refractivity contribution >= 4 is 21.4 Å². The fourth-order valence-electron chi connectivity index (χ4n) is 3.35. The van der Waals surface area contributed by atoms with Crippen LogP contribution >= 0.6 is 11.3 Å². The molecule has 0 amide bonds. The predicted molar refractivity (Wildman–Crippen MR) is 104 cm³/mol. The van der Waals surface area contributed by atoms with E-state index < -0.39 is 0 Å². The number of rotatable bonds is 5. The molecule has 0 spiro atoms. The average molecular weight is 372 g/mol. The van der Waals surface area contributed by atoms with Gasteiger partial charge in [0.1, 0.15) is 0 Å². The monoisotopic (exact) mass is 372 g/mol. The Bertz CT molecular complexity index is 822. The number of hydrogen-bond acceptors (Lipinski definition) is 7. The summed E-state index contributed by atoms with van der Waals surface area (Å²) in [5.41, 5.74) is 1.91. The summed E-state index contributed by atoms with van der Waals surface area (Å²) < 4.78 is 7.66. The van der Waals surface area contributed by atoms with Crippen LogP contribution in [0.3, 0.4) is 0 Å². The first-order chi connectivity index (χ1) is 12.6. The maximum absolute atomic E-state index is 5.80. The third kappa shape index (κ3) is 3.72. The number of pyridine rings is 1. The van der Waals surface area contributed by atoms with Gasteiger partial charge in [-0.1, -0.05) is 11.3 Å².